The second kappa shape index (κ2) is 14.1. The summed E-state index contributed by atoms with van der Waals surface area (Å²) in [5.41, 5.74) is 0.843. The van der Waals surface area contributed by atoms with E-state index < -0.39 is 12.1 Å². The first kappa shape index (κ1) is 30.0. The predicted molar refractivity (Wildman–Crippen MR) is 156 cm³/mol. The third kappa shape index (κ3) is 8.29. The number of carbonyl (C=O) groups is 3. The van der Waals surface area contributed by atoms with Crippen molar-refractivity contribution in [2.45, 2.75) is 58.7 Å². The second-order valence-corrected chi connectivity index (χ2v) is 11.0. The zero-order valence-electron chi connectivity index (χ0n) is 23.7. The molecule has 10 nitrogen and oxygen atoms in total. The highest BCUT2D eigenvalue weighted by Crippen LogP contribution is 2.23. The fourth-order valence-electron chi connectivity index (χ4n) is 4.70. The summed E-state index contributed by atoms with van der Waals surface area (Å²) in [6.07, 6.45) is 1.10. The van der Waals surface area contributed by atoms with E-state index in [0.29, 0.717) is 54.9 Å². The van der Waals surface area contributed by atoms with E-state index in [-0.39, 0.29) is 36.7 Å². The monoisotopic (exact) mass is 580 g/mol. The van der Waals surface area contributed by atoms with Gasteiger partial charge < -0.3 is 20.3 Å². The number of carbonyl (C=O) groups excluding carboxylic acids is 3. The number of rotatable bonds is 6. The Labute approximate surface area is 245 Å². The SMILES string of the molecule is CC(C)C[C@H]1NC(=O)CCCN(C(=O)COc2ccccc2Cl)CCn2nc(-c3ccccc3)nc2[C@@H](C)NC1=O. The predicted octanol–water partition coefficient (Wildman–Crippen LogP) is 4.01. The minimum Gasteiger partial charge on any atom is -0.482 e. The van der Waals surface area contributed by atoms with Crippen LogP contribution in [0.5, 0.6) is 5.75 Å². The number of amides is 3. The van der Waals surface area contributed by atoms with Crippen molar-refractivity contribution >= 4 is 29.3 Å². The van der Waals surface area contributed by atoms with E-state index in [1.54, 1.807) is 33.8 Å². The Kier molecular flexibility index (Phi) is 10.3. The average molecular weight is 581 g/mol. The standard InChI is InChI=1S/C30H37ClN6O4/c1-20(2)18-24-30(40)32-21(3)29-34-28(22-10-5-4-6-11-22)35-37(29)17-16-36(15-9-14-26(38)33-24)27(39)19-41-25-13-8-7-12-23(25)31/h4-8,10-13,20-21,24H,9,14-19H2,1-3H3,(H,32,40)(H,33,38)/t21-,24-/m1/s1. The summed E-state index contributed by atoms with van der Waals surface area (Å²) >= 11 is 6.19. The summed E-state index contributed by atoms with van der Waals surface area (Å²) in [6.45, 7) is 6.65. The van der Waals surface area contributed by atoms with Gasteiger partial charge in [0.25, 0.3) is 5.91 Å². The van der Waals surface area contributed by atoms with Gasteiger partial charge in [-0.1, -0.05) is 67.9 Å². The van der Waals surface area contributed by atoms with Gasteiger partial charge in [0.05, 0.1) is 17.6 Å². The zero-order chi connectivity index (χ0) is 29.4. The molecule has 3 aromatic rings. The fraction of sp³-hybridized carbons (Fsp3) is 0.433. The lowest BCUT2D eigenvalue weighted by molar-refractivity contribution is -0.134. The van der Waals surface area contributed by atoms with Crippen LogP contribution >= 0.6 is 11.6 Å². The quantitative estimate of drug-likeness (QED) is 0.455. The molecule has 11 heteroatoms. The molecule has 2 atom stereocenters. The van der Waals surface area contributed by atoms with Gasteiger partial charge in [0.1, 0.15) is 17.6 Å². The Morgan fingerprint density at radius 3 is 2.51 bits per heavy atom. The zero-order valence-corrected chi connectivity index (χ0v) is 24.4. The van der Waals surface area contributed by atoms with Crippen LogP contribution in [-0.2, 0) is 20.9 Å². The van der Waals surface area contributed by atoms with Crippen molar-refractivity contribution in [1.82, 2.24) is 30.3 Å². The minimum atomic E-state index is -0.681. The molecular weight excluding hydrogens is 544 g/mol. The Morgan fingerprint density at radius 2 is 1.78 bits per heavy atom. The van der Waals surface area contributed by atoms with Crippen LogP contribution in [0.4, 0.5) is 0 Å². The summed E-state index contributed by atoms with van der Waals surface area (Å²) in [6, 6.07) is 15.4. The first-order valence-electron chi connectivity index (χ1n) is 14.0. The van der Waals surface area contributed by atoms with Crippen molar-refractivity contribution in [2.24, 2.45) is 5.92 Å². The van der Waals surface area contributed by atoms with Gasteiger partial charge in [-0.25, -0.2) is 9.67 Å². The molecule has 1 aliphatic heterocycles. The van der Waals surface area contributed by atoms with Crippen molar-refractivity contribution in [1.29, 1.82) is 0 Å². The molecule has 1 aromatic heterocycles. The molecule has 0 unspecified atom stereocenters. The molecule has 2 aromatic carbocycles. The molecule has 1 aliphatic rings. The third-order valence-electron chi connectivity index (χ3n) is 6.79. The summed E-state index contributed by atoms with van der Waals surface area (Å²) in [5, 5.41) is 11.1. The lowest BCUT2D eigenvalue weighted by Crippen LogP contribution is -2.48. The van der Waals surface area contributed by atoms with Crippen LogP contribution < -0.4 is 15.4 Å². The molecule has 41 heavy (non-hydrogen) atoms. The number of aromatic nitrogens is 3. The Balaban J connectivity index is 1.60. The molecule has 0 aliphatic carbocycles. The molecule has 218 valence electrons. The molecule has 3 amide bonds. The first-order chi connectivity index (χ1) is 19.7. The molecule has 0 saturated heterocycles. The van der Waals surface area contributed by atoms with Crippen LogP contribution in [-0.4, -0.2) is 63.1 Å². The number of nitrogens with zero attached hydrogens (tertiary/aromatic N) is 4. The van der Waals surface area contributed by atoms with Gasteiger partial charge in [0.15, 0.2) is 12.4 Å². The number of ether oxygens (including phenoxy) is 1. The molecule has 2 N–H and O–H groups in total. The van der Waals surface area contributed by atoms with E-state index in [1.807, 2.05) is 51.1 Å². The first-order valence-corrected chi connectivity index (χ1v) is 14.3. The summed E-state index contributed by atoms with van der Waals surface area (Å²) in [7, 11) is 0. The smallest absolute Gasteiger partial charge is 0.260 e. The van der Waals surface area contributed by atoms with Crippen molar-refractivity contribution in [3.8, 4) is 17.1 Å². The van der Waals surface area contributed by atoms with E-state index >= 15 is 0 Å². The normalized spacial score (nSPS) is 18.7. The largest absolute Gasteiger partial charge is 0.482 e. The number of halogens is 1. The highest BCUT2D eigenvalue weighted by atomic mass is 35.5. The molecule has 0 saturated carbocycles. The van der Waals surface area contributed by atoms with E-state index in [2.05, 4.69) is 10.6 Å². The fourth-order valence-corrected chi connectivity index (χ4v) is 4.89. The number of benzene rings is 2. The van der Waals surface area contributed by atoms with Crippen LogP contribution in [0, 0.1) is 5.92 Å². The lowest BCUT2D eigenvalue weighted by Gasteiger charge is -2.26. The second-order valence-electron chi connectivity index (χ2n) is 10.6. The van der Waals surface area contributed by atoms with Gasteiger partial charge in [-0.05, 0) is 37.8 Å². The van der Waals surface area contributed by atoms with Crippen LogP contribution in [0.3, 0.4) is 0 Å². The molecule has 0 fully saturated rings. The highest BCUT2D eigenvalue weighted by Gasteiger charge is 2.27. The Morgan fingerprint density at radius 1 is 1.05 bits per heavy atom. The molecular formula is C30H37ClN6O4. The van der Waals surface area contributed by atoms with Gasteiger partial charge in [-0.3, -0.25) is 14.4 Å². The van der Waals surface area contributed by atoms with Crippen molar-refractivity contribution in [3.05, 3.63) is 65.4 Å². The van der Waals surface area contributed by atoms with E-state index in [0.717, 1.165) is 5.56 Å². The van der Waals surface area contributed by atoms with Crippen LogP contribution in [0.2, 0.25) is 5.02 Å². The van der Waals surface area contributed by atoms with Gasteiger partial charge in [-0.15, -0.1) is 0 Å². The van der Waals surface area contributed by atoms with Gasteiger partial charge in [0.2, 0.25) is 11.8 Å². The van der Waals surface area contributed by atoms with Crippen LogP contribution in [0.15, 0.2) is 54.6 Å². The molecule has 0 bridgehead atoms. The molecule has 2 heterocycles. The number of fused-ring (bicyclic) bond motifs is 1. The number of nitrogens with one attached hydrogen (secondary N) is 2. The van der Waals surface area contributed by atoms with E-state index in [9.17, 15) is 14.4 Å². The molecule has 4 rings (SSSR count). The molecule has 0 radical (unpaired) electrons. The summed E-state index contributed by atoms with van der Waals surface area (Å²) < 4.78 is 7.45. The van der Waals surface area contributed by atoms with E-state index in [4.69, 9.17) is 26.4 Å². The maximum atomic E-state index is 13.3. The third-order valence-corrected chi connectivity index (χ3v) is 7.10. The number of hydrogen-bond donors (Lipinski definition) is 2. The maximum absolute atomic E-state index is 13.3. The summed E-state index contributed by atoms with van der Waals surface area (Å²) in [5.74, 6) is 0.976. The Hall–Kier alpha value is -3.92. The van der Waals surface area contributed by atoms with Crippen LogP contribution in [0.1, 0.15) is 51.9 Å². The van der Waals surface area contributed by atoms with Gasteiger partial charge >= 0.3 is 0 Å². The minimum absolute atomic E-state index is 0.180. The lowest BCUT2D eigenvalue weighted by atomic mass is 10.0. The molecule has 0 spiro atoms. The summed E-state index contributed by atoms with van der Waals surface area (Å²) in [4.78, 5) is 45.8. The van der Waals surface area contributed by atoms with Gasteiger partial charge in [0, 0.05) is 25.1 Å². The van der Waals surface area contributed by atoms with E-state index in [1.165, 1.54) is 0 Å². The van der Waals surface area contributed by atoms with Crippen LogP contribution in [0.25, 0.3) is 11.4 Å². The average Bonchev–Trinajstić information content (AvgIpc) is 3.38. The topological polar surface area (TPSA) is 118 Å². The van der Waals surface area contributed by atoms with Gasteiger partial charge in [-0.2, -0.15) is 5.10 Å². The van der Waals surface area contributed by atoms with Crippen molar-refractivity contribution < 1.29 is 19.1 Å². The number of para-hydroxylation sites is 1. The Bertz CT molecular complexity index is 1350. The highest BCUT2D eigenvalue weighted by molar-refractivity contribution is 6.32. The number of hydrogen-bond acceptors (Lipinski definition) is 6. The van der Waals surface area contributed by atoms with Crippen molar-refractivity contribution in [2.75, 3.05) is 19.7 Å². The van der Waals surface area contributed by atoms with Crippen molar-refractivity contribution in [3.63, 3.8) is 0 Å². The maximum Gasteiger partial charge on any atom is 0.260 e.